The van der Waals surface area contributed by atoms with Crippen molar-refractivity contribution in [2.75, 3.05) is 0 Å². The molecule has 2 heteroatoms. The molecule has 0 saturated heterocycles. The zero-order chi connectivity index (χ0) is 13.3. The number of aryl methyl sites for hydroxylation is 2. The van der Waals surface area contributed by atoms with E-state index < -0.39 is 0 Å². The molecule has 0 aliphatic heterocycles. The molecule has 0 spiro atoms. The molecule has 0 unspecified atom stereocenters. The lowest BCUT2D eigenvalue weighted by molar-refractivity contribution is 0.281. The first-order valence-electron chi connectivity index (χ1n) is 6.43. The summed E-state index contributed by atoms with van der Waals surface area (Å²) in [6.45, 7) is 8.61. The molecule has 1 heterocycles. The van der Waals surface area contributed by atoms with Gasteiger partial charge < -0.3 is 10.1 Å². The fourth-order valence-electron chi connectivity index (χ4n) is 2.20. The molecule has 2 aromatic rings. The van der Waals surface area contributed by atoms with Crippen LogP contribution in [-0.4, -0.2) is 10.1 Å². The standard InChI is InChI=1S/C16H21NO/c1-10(2)13-6-5-11(3)15(7-13)16-8-14(9-18)12(4)17-16/h5-8,10,17-18H,9H2,1-4H3. The molecule has 1 aromatic heterocycles. The van der Waals surface area contributed by atoms with Crippen LogP contribution in [0.5, 0.6) is 0 Å². The number of hydrogen-bond acceptors (Lipinski definition) is 1. The second-order valence-electron chi connectivity index (χ2n) is 5.22. The summed E-state index contributed by atoms with van der Waals surface area (Å²) in [7, 11) is 0. The molecule has 0 saturated carbocycles. The van der Waals surface area contributed by atoms with Gasteiger partial charge in [0.15, 0.2) is 0 Å². The number of rotatable bonds is 3. The van der Waals surface area contributed by atoms with E-state index in [1.54, 1.807) is 0 Å². The van der Waals surface area contributed by atoms with Crippen LogP contribution in [-0.2, 0) is 6.61 Å². The predicted molar refractivity (Wildman–Crippen MR) is 75.7 cm³/mol. The Balaban J connectivity index is 2.51. The van der Waals surface area contributed by atoms with E-state index in [-0.39, 0.29) is 6.61 Å². The summed E-state index contributed by atoms with van der Waals surface area (Å²) < 4.78 is 0. The Morgan fingerprint density at radius 3 is 2.44 bits per heavy atom. The molecule has 1 aromatic carbocycles. The van der Waals surface area contributed by atoms with E-state index in [1.165, 1.54) is 16.7 Å². The molecule has 0 amide bonds. The predicted octanol–water partition coefficient (Wildman–Crippen LogP) is 3.91. The molecular weight excluding hydrogens is 222 g/mol. The van der Waals surface area contributed by atoms with Gasteiger partial charge in [0.1, 0.15) is 0 Å². The summed E-state index contributed by atoms with van der Waals surface area (Å²) in [4.78, 5) is 3.36. The third-order valence-corrected chi connectivity index (χ3v) is 3.51. The minimum absolute atomic E-state index is 0.0885. The number of H-pyrrole nitrogens is 1. The van der Waals surface area contributed by atoms with Gasteiger partial charge in [0.2, 0.25) is 0 Å². The van der Waals surface area contributed by atoms with Gasteiger partial charge >= 0.3 is 0 Å². The molecule has 18 heavy (non-hydrogen) atoms. The van der Waals surface area contributed by atoms with Crippen molar-refractivity contribution < 1.29 is 5.11 Å². The van der Waals surface area contributed by atoms with E-state index in [0.29, 0.717) is 5.92 Å². The molecule has 0 fully saturated rings. The number of aromatic nitrogens is 1. The van der Waals surface area contributed by atoms with Crippen LogP contribution in [0.15, 0.2) is 24.3 Å². The minimum atomic E-state index is 0.0885. The average molecular weight is 243 g/mol. The lowest BCUT2D eigenvalue weighted by atomic mass is 9.96. The van der Waals surface area contributed by atoms with Crippen LogP contribution in [0.25, 0.3) is 11.3 Å². The van der Waals surface area contributed by atoms with E-state index in [1.807, 2.05) is 13.0 Å². The maximum absolute atomic E-state index is 9.27. The molecule has 2 nitrogen and oxygen atoms in total. The first-order valence-corrected chi connectivity index (χ1v) is 6.43. The molecule has 0 radical (unpaired) electrons. The number of benzene rings is 1. The Hall–Kier alpha value is -1.54. The van der Waals surface area contributed by atoms with E-state index >= 15 is 0 Å². The molecule has 96 valence electrons. The highest BCUT2D eigenvalue weighted by atomic mass is 16.3. The molecule has 2 N–H and O–H groups in total. The Morgan fingerprint density at radius 2 is 1.89 bits per heavy atom. The van der Waals surface area contributed by atoms with E-state index in [2.05, 4.69) is 44.0 Å². The summed E-state index contributed by atoms with van der Waals surface area (Å²) in [5.74, 6) is 0.526. The number of aliphatic hydroxyl groups is 1. The highest BCUT2D eigenvalue weighted by molar-refractivity contribution is 5.66. The van der Waals surface area contributed by atoms with E-state index in [9.17, 15) is 5.11 Å². The minimum Gasteiger partial charge on any atom is -0.392 e. The molecule has 0 aliphatic rings. The third kappa shape index (κ3) is 2.34. The molecule has 0 atom stereocenters. The Kier molecular flexibility index (Phi) is 3.58. The lowest BCUT2D eigenvalue weighted by Gasteiger charge is -2.10. The first-order chi connectivity index (χ1) is 8.52. The van der Waals surface area contributed by atoms with E-state index in [0.717, 1.165) is 17.0 Å². The molecular formula is C16H21NO. The van der Waals surface area contributed by atoms with Crippen molar-refractivity contribution in [3.63, 3.8) is 0 Å². The average Bonchev–Trinajstić information content (AvgIpc) is 2.70. The van der Waals surface area contributed by atoms with Crippen LogP contribution < -0.4 is 0 Å². The van der Waals surface area contributed by atoms with Crippen molar-refractivity contribution in [1.82, 2.24) is 4.98 Å². The van der Waals surface area contributed by atoms with Crippen LogP contribution in [0.3, 0.4) is 0 Å². The molecule has 0 aliphatic carbocycles. The summed E-state index contributed by atoms with van der Waals surface area (Å²) in [6, 6.07) is 8.64. The number of nitrogens with one attached hydrogen (secondary N) is 1. The van der Waals surface area contributed by atoms with Crippen molar-refractivity contribution in [2.24, 2.45) is 0 Å². The fourth-order valence-corrected chi connectivity index (χ4v) is 2.20. The topological polar surface area (TPSA) is 36.0 Å². The summed E-state index contributed by atoms with van der Waals surface area (Å²) in [6.07, 6.45) is 0. The van der Waals surface area contributed by atoms with Crippen molar-refractivity contribution in [1.29, 1.82) is 0 Å². The van der Waals surface area contributed by atoms with Gasteiger partial charge in [-0.2, -0.15) is 0 Å². The summed E-state index contributed by atoms with van der Waals surface area (Å²) in [5, 5.41) is 9.27. The SMILES string of the molecule is Cc1ccc(C(C)C)cc1-c1cc(CO)c(C)[nH]1. The number of aromatic amines is 1. The largest absolute Gasteiger partial charge is 0.392 e. The van der Waals surface area contributed by atoms with Gasteiger partial charge in [0, 0.05) is 17.0 Å². The van der Waals surface area contributed by atoms with E-state index in [4.69, 9.17) is 0 Å². The smallest absolute Gasteiger partial charge is 0.0699 e. The van der Waals surface area contributed by atoms with Gasteiger partial charge in [-0.1, -0.05) is 26.0 Å². The first kappa shape index (κ1) is 12.9. The molecule has 2 rings (SSSR count). The van der Waals surface area contributed by atoms with Crippen LogP contribution in [0.2, 0.25) is 0 Å². The van der Waals surface area contributed by atoms with Crippen LogP contribution in [0, 0.1) is 13.8 Å². The van der Waals surface area contributed by atoms with Gasteiger partial charge in [0.25, 0.3) is 0 Å². The fraction of sp³-hybridized carbons (Fsp3) is 0.375. The maximum atomic E-state index is 9.27. The second kappa shape index (κ2) is 4.99. The Bertz CT molecular complexity index is 552. The highest BCUT2D eigenvalue weighted by Crippen LogP contribution is 2.28. The number of hydrogen-bond donors (Lipinski definition) is 2. The van der Waals surface area contributed by atoms with Gasteiger partial charge in [-0.25, -0.2) is 0 Å². The van der Waals surface area contributed by atoms with Crippen LogP contribution in [0.4, 0.5) is 0 Å². The zero-order valence-corrected chi connectivity index (χ0v) is 11.5. The van der Waals surface area contributed by atoms with Crippen molar-refractivity contribution in [3.05, 3.63) is 46.6 Å². The Labute approximate surface area is 109 Å². The maximum Gasteiger partial charge on any atom is 0.0699 e. The van der Waals surface area contributed by atoms with Crippen molar-refractivity contribution in [2.45, 2.75) is 40.2 Å². The summed E-state index contributed by atoms with van der Waals surface area (Å²) >= 11 is 0. The quantitative estimate of drug-likeness (QED) is 0.842. The van der Waals surface area contributed by atoms with Crippen LogP contribution >= 0.6 is 0 Å². The second-order valence-corrected chi connectivity index (χ2v) is 5.22. The summed E-state index contributed by atoms with van der Waals surface area (Å²) in [5.41, 5.74) is 6.93. The van der Waals surface area contributed by atoms with Gasteiger partial charge in [-0.3, -0.25) is 0 Å². The zero-order valence-electron chi connectivity index (χ0n) is 11.5. The van der Waals surface area contributed by atoms with Crippen molar-refractivity contribution in [3.8, 4) is 11.3 Å². The van der Waals surface area contributed by atoms with Gasteiger partial charge in [-0.15, -0.1) is 0 Å². The van der Waals surface area contributed by atoms with Gasteiger partial charge in [-0.05, 0) is 48.6 Å². The van der Waals surface area contributed by atoms with Crippen molar-refractivity contribution >= 4 is 0 Å². The Morgan fingerprint density at radius 1 is 1.17 bits per heavy atom. The lowest BCUT2D eigenvalue weighted by Crippen LogP contribution is -1.91. The highest BCUT2D eigenvalue weighted by Gasteiger charge is 2.09. The van der Waals surface area contributed by atoms with Gasteiger partial charge in [0.05, 0.1) is 6.61 Å². The molecule has 0 bridgehead atoms. The third-order valence-electron chi connectivity index (χ3n) is 3.51. The number of aliphatic hydroxyl groups excluding tert-OH is 1. The monoisotopic (exact) mass is 243 g/mol. The normalized spacial score (nSPS) is 11.2. The van der Waals surface area contributed by atoms with Crippen LogP contribution in [0.1, 0.15) is 42.1 Å².